The Morgan fingerprint density at radius 3 is 2.44 bits per heavy atom. The number of hydrogen-bond acceptors (Lipinski definition) is 10. The summed E-state index contributed by atoms with van der Waals surface area (Å²) in [6.45, 7) is 5.31. The van der Waals surface area contributed by atoms with E-state index >= 15 is 0 Å². The van der Waals surface area contributed by atoms with Crippen molar-refractivity contribution in [3.05, 3.63) is 70.3 Å². The number of benzene rings is 2. The van der Waals surface area contributed by atoms with Gasteiger partial charge in [-0.25, -0.2) is 4.79 Å². The topological polar surface area (TPSA) is 224 Å². The average molecular weight is 698 g/mol. The van der Waals surface area contributed by atoms with Gasteiger partial charge in [0.25, 0.3) is 5.91 Å². The molecule has 3 amide bonds. The zero-order chi connectivity index (χ0) is 36.6. The number of nitrogens with one attached hydrogen (secondary N) is 3. The molecule has 2 aliphatic rings. The monoisotopic (exact) mass is 697 g/mol. The van der Waals surface area contributed by atoms with Gasteiger partial charge in [-0.2, -0.15) is 0 Å². The van der Waals surface area contributed by atoms with Crippen molar-refractivity contribution in [2.75, 3.05) is 19.8 Å². The number of carboxylic acids is 1. The molecule has 8 N–H and O–H groups in total. The van der Waals surface area contributed by atoms with Crippen LogP contribution in [-0.2, 0) is 30.4 Å². The third-order valence-corrected chi connectivity index (χ3v) is 9.09. The molecule has 0 saturated carbocycles. The van der Waals surface area contributed by atoms with Gasteiger partial charge >= 0.3 is 5.97 Å². The van der Waals surface area contributed by atoms with Crippen LogP contribution in [-0.4, -0.2) is 105 Å². The van der Waals surface area contributed by atoms with E-state index in [9.17, 15) is 44.7 Å². The van der Waals surface area contributed by atoms with Crippen molar-refractivity contribution in [2.45, 2.75) is 89.1 Å². The third kappa shape index (κ3) is 9.67. The molecule has 50 heavy (non-hydrogen) atoms. The van der Waals surface area contributed by atoms with Gasteiger partial charge in [-0.05, 0) is 67.1 Å². The highest BCUT2D eigenvalue weighted by Crippen LogP contribution is 2.35. The summed E-state index contributed by atoms with van der Waals surface area (Å²) in [6, 6.07) is 8.93. The van der Waals surface area contributed by atoms with E-state index in [2.05, 4.69) is 16.0 Å². The van der Waals surface area contributed by atoms with Crippen LogP contribution in [0, 0.1) is 19.8 Å². The number of aliphatic hydroxyl groups excluding tert-OH is 3. The van der Waals surface area contributed by atoms with Gasteiger partial charge in [0.05, 0.1) is 30.8 Å². The SMILES string of the molecule is CC(=O)N[C@H]1[C@H]([C@H](O)[C@H](O)CNC(=O)c2cc(C)c(O)c(C)c2)O[C@@](C/C=C/c2cccc(CNC(=O)C3CCCOC3)c2)(C(=O)O)C[C@@H]1O. The number of aromatic hydroxyl groups is 1. The van der Waals surface area contributed by atoms with Gasteiger partial charge in [0.15, 0.2) is 5.60 Å². The first-order valence-corrected chi connectivity index (χ1v) is 16.6. The Morgan fingerprint density at radius 1 is 1.08 bits per heavy atom. The minimum atomic E-state index is -2.05. The number of carbonyl (C=O) groups is 4. The van der Waals surface area contributed by atoms with Crippen LogP contribution in [0.3, 0.4) is 0 Å². The van der Waals surface area contributed by atoms with E-state index < -0.39 is 66.8 Å². The van der Waals surface area contributed by atoms with Crippen LogP contribution < -0.4 is 16.0 Å². The molecule has 1 unspecified atom stereocenters. The molecule has 4 rings (SSSR count). The molecule has 0 aliphatic carbocycles. The molecule has 2 saturated heterocycles. The number of aryl methyl sites for hydroxylation is 2. The number of phenolic OH excluding ortho intramolecular Hbond substituents is 1. The lowest BCUT2D eigenvalue weighted by molar-refractivity contribution is -0.226. The summed E-state index contributed by atoms with van der Waals surface area (Å²) >= 11 is 0. The van der Waals surface area contributed by atoms with E-state index in [1.165, 1.54) is 19.1 Å². The van der Waals surface area contributed by atoms with Crippen molar-refractivity contribution < 1.29 is 54.2 Å². The Bertz CT molecular complexity index is 1550. The first kappa shape index (κ1) is 38.5. The van der Waals surface area contributed by atoms with E-state index in [-0.39, 0.29) is 29.6 Å². The van der Waals surface area contributed by atoms with Crippen LogP contribution in [0.15, 0.2) is 42.5 Å². The van der Waals surface area contributed by atoms with Crippen molar-refractivity contribution in [1.82, 2.24) is 16.0 Å². The van der Waals surface area contributed by atoms with E-state index in [0.717, 1.165) is 18.4 Å². The number of aliphatic hydroxyl groups is 3. The molecule has 7 atom stereocenters. The molecule has 14 heteroatoms. The Hall–Kier alpha value is -4.34. The molecule has 14 nitrogen and oxygen atoms in total. The fourth-order valence-electron chi connectivity index (χ4n) is 6.32. The van der Waals surface area contributed by atoms with Crippen molar-refractivity contribution >= 4 is 29.8 Å². The van der Waals surface area contributed by atoms with Crippen LogP contribution in [0.25, 0.3) is 6.08 Å². The number of amides is 3. The van der Waals surface area contributed by atoms with Crippen LogP contribution in [0.4, 0.5) is 0 Å². The number of ether oxygens (including phenoxy) is 2. The van der Waals surface area contributed by atoms with E-state index in [4.69, 9.17) is 9.47 Å². The van der Waals surface area contributed by atoms with Crippen molar-refractivity contribution in [3.8, 4) is 5.75 Å². The second kappa shape index (κ2) is 17.1. The number of carboxylic acid groups (broad SMARTS) is 1. The molecular weight excluding hydrogens is 650 g/mol. The van der Waals surface area contributed by atoms with Gasteiger partial charge in [-0.3, -0.25) is 14.4 Å². The highest BCUT2D eigenvalue weighted by atomic mass is 16.6. The summed E-state index contributed by atoms with van der Waals surface area (Å²) in [4.78, 5) is 50.0. The molecule has 0 bridgehead atoms. The van der Waals surface area contributed by atoms with Gasteiger partial charge < -0.3 is 51.0 Å². The molecular formula is C36H47N3O11. The largest absolute Gasteiger partial charge is 0.507 e. The Kier molecular flexibility index (Phi) is 13.1. The van der Waals surface area contributed by atoms with Gasteiger partial charge in [0.2, 0.25) is 11.8 Å². The molecule has 0 radical (unpaired) electrons. The van der Waals surface area contributed by atoms with Crippen LogP contribution in [0.2, 0.25) is 0 Å². The minimum Gasteiger partial charge on any atom is -0.507 e. The lowest BCUT2D eigenvalue weighted by Crippen LogP contribution is -2.67. The zero-order valence-corrected chi connectivity index (χ0v) is 28.4. The predicted molar refractivity (Wildman–Crippen MR) is 181 cm³/mol. The number of phenols is 1. The Morgan fingerprint density at radius 2 is 1.80 bits per heavy atom. The van der Waals surface area contributed by atoms with Crippen molar-refractivity contribution in [1.29, 1.82) is 0 Å². The van der Waals surface area contributed by atoms with Crippen LogP contribution in [0.5, 0.6) is 5.75 Å². The maximum atomic E-state index is 12.8. The fraction of sp³-hybridized carbons (Fsp3) is 0.500. The summed E-state index contributed by atoms with van der Waals surface area (Å²) in [6.07, 6.45) is -2.46. The highest BCUT2D eigenvalue weighted by molar-refractivity contribution is 5.95. The van der Waals surface area contributed by atoms with Gasteiger partial charge in [-0.1, -0.05) is 30.4 Å². The van der Waals surface area contributed by atoms with Gasteiger partial charge in [0.1, 0.15) is 18.0 Å². The number of hydrogen-bond donors (Lipinski definition) is 8. The van der Waals surface area contributed by atoms with E-state index in [1.807, 2.05) is 12.1 Å². The minimum absolute atomic E-state index is 0.0469. The summed E-state index contributed by atoms with van der Waals surface area (Å²) in [5, 5.41) is 61.4. The molecule has 2 heterocycles. The first-order valence-electron chi connectivity index (χ1n) is 16.6. The maximum absolute atomic E-state index is 12.8. The average Bonchev–Trinajstić information content (AvgIpc) is 3.09. The second-order valence-electron chi connectivity index (χ2n) is 13.1. The smallest absolute Gasteiger partial charge is 0.336 e. The van der Waals surface area contributed by atoms with E-state index in [0.29, 0.717) is 36.4 Å². The standard InChI is InChI=1S/C36H47N3O11/c1-20-13-26(14-21(2)30(20)43)34(46)38-18-28(42)31(44)32-29(39-22(3)40)27(41)16-36(50-32,35(47)48)11-5-9-23-7-4-8-24(15-23)17-37-33(45)25-10-6-12-49-19-25/h4-5,7-9,13-15,25,27-29,31-32,41-44H,6,10-12,16-19H2,1-3H3,(H,37,45)(H,38,46)(H,39,40)(H,47,48)/b9-5+/t25?,27-,28+,29+,31+,32+,36+/m0/s1. The first-order chi connectivity index (χ1) is 23.7. The molecule has 0 spiro atoms. The summed E-state index contributed by atoms with van der Waals surface area (Å²) in [5.41, 5.74) is 0.648. The quantitative estimate of drug-likeness (QED) is 0.148. The van der Waals surface area contributed by atoms with Gasteiger partial charge in [-0.15, -0.1) is 0 Å². The summed E-state index contributed by atoms with van der Waals surface area (Å²) < 4.78 is 11.4. The molecule has 2 aliphatic heterocycles. The number of carbonyl (C=O) groups excluding carboxylic acids is 3. The van der Waals surface area contributed by atoms with Crippen LogP contribution >= 0.6 is 0 Å². The normalized spacial score (nSPS) is 25.0. The van der Waals surface area contributed by atoms with Crippen molar-refractivity contribution in [3.63, 3.8) is 0 Å². The Labute approximate surface area is 290 Å². The third-order valence-electron chi connectivity index (χ3n) is 9.09. The van der Waals surface area contributed by atoms with Crippen LogP contribution in [0.1, 0.15) is 65.2 Å². The zero-order valence-electron chi connectivity index (χ0n) is 28.4. The predicted octanol–water partition coefficient (Wildman–Crippen LogP) is 1.08. The molecule has 2 fully saturated rings. The van der Waals surface area contributed by atoms with Crippen molar-refractivity contribution in [2.24, 2.45) is 5.92 Å². The Balaban J connectivity index is 1.45. The molecule has 2 aromatic rings. The number of rotatable bonds is 13. The molecule has 2 aromatic carbocycles. The summed E-state index contributed by atoms with van der Waals surface area (Å²) in [5.74, 6) is -2.82. The molecule has 272 valence electrons. The lowest BCUT2D eigenvalue weighted by Gasteiger charge is -2.47. The fourth-order valence-corrected chi connectivity index (χ4v) is 6.32. The second-order valence-corrected chi connectivity index (χ2v) is 13.1. The highest BCUT2D eigenvalue weighted by Gasteiger charge is 2.54. The van der Waals surface area contributed by atoms with E-state index in [1.54, 1.807) is 38.1 Å². The molecule has 0 aromatic heterocycles. The van der Waals surface area contributed by atoms with Gasteiger partial charge in [0, 0.05) is 45.0 Å². The maximum Gasteiger partial charge on any atom is 0.336 e. The number of aliphatic carboxylic acids is 1. The lowest BCUT2D eigenvalue weighted by atomic mass is 9.81. The summed E-state index contributed by atoms with van der Waals surface area (Å²) in [7, 11) is 0.